The van der Waals surface area contributed by atoms with E-state index in [0.29, 0.717) is 23.7 Å². The van der Waals surface area contributed by atoms with Crippen molar-refractivity contribution < 1.29 is 9.53 Å². The van der Waals surface area contributed by atoms with Crippen molar-refractivity contribution in [2.24, 2.45) is 0 Å². The number of nitrogens with zero attached hydrogens (tertiary/aromatic N) is 2. The standard InChI is InChI=1S/C22H24ClN3O2/c1-16-13-20(23)7-8-21(16)28-15-18-5-3-6-19(14-18)22(27)24-10-4-12-26-17(2)9-11-25-26/h3,5-9,11,13-14H,4,10,12,15H2,1-2H3,(H,24,27). The molecule has 0 atom stereocenters. The molecule has 0 saturated carbocycles. The zero-order valence-corrected chi connectivity index (χ0v) is 16.9. The Bertz CT molecular complexity index is 952. The van der Waals surface area contributed by atoms with E-state index in [1.807, 2.05) is 61.0 Å². The Labute approximate surface area is 170 Å². The van der Waals surface area contributed by atoms with E-state index in [0.717, 1.165) is 35.5 Å². The van der Waals surface area contributed by atoms with Gasteiger partial charge in [0.1, 0.15) is 12.4 Å². The third-order valence-corrected chi connectivity index (χ3v) is 4.72. The lowest BCUT2D eigenvalue weighted by Crippen LogP contribution is -2.25. The Morgan fingerprint density at radius 3 is 2.79 bits per heavy atom. The van der Waals surface area contributed by atoms with Crippen LogP contribution in [-0.4, -0.2) is 22.2 Å². The summed E-state index contributed by atoms with van der Waals surface area (Å²) < 4.78 is 7.80. The second kappa shape index (κ2) is 9.42. The van der Waals surface area contributed by atoms with Gasteiger partial charge in [-0.2, -0.15) is 5.10 Å². The summed E-state index contributed by atoms with van der Waals surface area (Å²) in [5.41, 5.74) is 3.67. The summed E-state index contributed by atoms with van der Waals surface area (Å²) in [4.78, 5) is 12.4. The maximum atomic E-state index is 12.4. The molecule has 0 aliphatic rings. The van der Waals surface area contributed by atoms with Crippen molar-refractivity contribution in [1.29, 1.82) is 0 Å². The molecule has 0 spiro atoms. The number of hydrogen-bond donors (Lipinski definition) is 1. The summed E-state index contributed by atoms with van der Waals surface area (Å²) in [5, 5.41) is 7.89. The van der Waals surface area contributed by atoms with Crippen LogP contribution in [0.1, 0.15) is 33.6 Å². The summed E-state index contributed by atoms with van der Waals surface area (Å²) in [6, 6.07) is 15.0. The summed E-state index contributed by atoms with van der Waals surface area (Å²) >= 11 is 5.97. The second-order valence-corrected chi connectivity index (χ2v) is 7.14. The Kier molecular flexibility index (Phi) is 6.71. The molecule has 1 amide bonds. The number of aryl methyl sites for hydroxylation is 3. The maximum Gasteiger partial charge on any atom is 0.251 e. The first-order valence-electron chi connectivity index (χ1n) is 9.27. The molecule has 1 N–H and O–H groups in total. The molecule has 28 heavy (non-hydrogen) atoms. The van der Waals surface area contributed by atoms with Crippen LogP contribution in [-0.2, 0) is 13.2 Å². The van der Waals surface area contributed by atoms with Crippen LogP contribution in [0.4, 0.5) is 0 Å². The van der Waals surface area contributed by atoms with Gasteiger partial charge in [-0.25, -0.2) is 0 Å². The molecular formula is C22H24ClN3O2. The third kappa shape index (κ3) is 5.36. The smallest absolute Gasteiger partial charge is 0.251 e. The molecule has 0 aliphatic heterocycles. The highest BCUT2D eigenvalue weighted by molar-refractivity contribution is 6.30. The molecule has 3 rings (SSSR count). The van der Waals surface area contributed by atoms with Gasteiger partial charge in [-0.15, -0.1) is 0 Å². The number of ether oxygens (including phenoxy) is 1. The number of rotatable bonds is 8. The molecule has 0 bridgehead atoms. The van der Waals surface area contributed by atoms with Gasteiger partial charge in [0.05, 0.1) is 0 Å². The molecule has 0 saturated heterocycles. The molecule has 0 radical (unpaired) electrons. The van der Waals surface area contributed by atoms with Crippen molar-refractivity contribution in [2.75, 3.05) is 6.54 Å². The fourth-order valence-electron chi connectivity index (χ4n) is 2.90. The van der Waals surface area contributed by atoms with Gasteiger partial charge >= 0.3 is 0 Å². The molecule has 1 aromatic heterocycles. The lowest BCUT2D eigenvalue weighted by Gasteiger charge is -2.11. The minimum absolute atomic E-state index is 0.0817. The predicted molar refractivity (Wildman–Crippen MR) is 111 cm³/mol. The maximum absolute atomic E-state index is 12.4. The number of carbonyl (C=O) groups excluding carboxylic acids is 1. The minimum Gasteiger partial charge on any atom is -0.489 e. The van der Waals surface area contributed by atoms with Crippen molar-refractivity contribution >= 4 is 17.5 Å². The van der Waals surface area contributed by atoms with Crippen LogP contribution in [0.25, 0.3) is 0 Å². The molecule has 6 heteroatoms. The van der Waals surface area contributed by atoms with Crippen LogP contribution < -0.4 is 10.1 Å². The fraction of sp³-hybridized carbons (Fsp3) is 0.273. The van der Waals surface area contributed by atoms with Crippen molar-refractivity contribution in [1.82, 2.24) is 15.1 Å². The zero-order valence-electron chi connectivity index (χ0n) is 16.1. The van der Waals surface area contributed by atoms with Gasteiger partial charge in [-0.3, -0.25) is 9.48 Å². The Morgan fingerprint density at radius 1 is 1.18 bits per heavy atom. The average Bonchev–Trinajstić information content (AvgIpc) is 3.09. The third-order valence-electron chi connectivity index (χ3n) is 4.48. The van der Waals surface area contributed by atoms with E-state index >= 15 is 0 Å². The molecule has 0 fully saturated rings. The summed E-state index contributed by atoms with van der Waals surface area (Å²) in [7, 11) is 0. The number of nitrogens with one attached hydrogen (secondary N) is 1. The zero-order chi connectivity index (χ0) is 19.9. The molecular weight excluding hydrogens is 374 g/mol. The van der Waals surface area contributed by atoms with E-state index in [1.165, 1.54) is 0 Å². The van der Waals surface area contributed by atoms with E-state index in [9.17, 15) is 4.79 Å². The number of amides is 1. The molecule has 1 heterocycles. The van der Waals surface area contributed by atoms with Crippen molar-refractivity contribution in [3.63, 3.8) is 0 Å². The van der Waals surface area contributed by atoms with Crippen molar-refractivity contribution in [3.8, 4) is 5.75 Å². The van der Waals surface area contributed by atoms with Gasteiger partial charge in [0.25, 0.3) is 5.91 Å². The van der Waals surface area contributed by atoms with E-state index in [4.69, 9.17) is 16.3 Å². The monoisotopic (exact) mass is 397 g/mol. The van der Waals surface area contributed by atoms with Gasteiger partial charge in [-0.05, 0) is 67.8 Å². The molecule has 2 aromatic carbocycles. The van der Waals surface area contributed by atoms with Crippen LogP contribution in [0.15, 0.2) is 54.7 Å². The number of benzene rings is 2. The Balaban J connectivity index is 1.50. The number of aromatic nitrogens is 2. The first-order chi connectivity index (χ1) is 13.5. The summed E-state index contributed by atoms with van der Waals surface area (Å²) in [5.74, 6) is 0.704. The second-order valence-electron chi connectivity index (χ2n) is 6.70. The molecule has 0 aliphatic carbocycles. The number of hydrogen-bond acceptors (Lipinski definition) is 3. The highest BCUT2D eigenvalue weighted by Crippen LogP contribution is 2.22. The highest BCUT2D eigenvalue weighted by Gasteiger charge is 2.07. The predicted octanol–water partition coefficient (Wildman–Crippen LogP) is 4.55. The summed E-state index contributed by atoms with van der Waals surface area (Å²) in [6.07, 6.45) is 2.61. The molecule has 5 nitrogen and oxygen atoms in total. The van der Waals surface area contributed by atoms with Crippen LogP contribution in [0.5, 0.6) is 5.75 Å². The number of halogens is 1. The van der Waals surface area contributed by atoms with Crippen molar-refractivity contribution in [2.45, 2.75) is 33.4 Å². The first kappa shape index (κ1) is 20.0. The van der Waals surface area contributed by atoms with Crippen LogP contribution in [0.2, 0.25) is 5.02 Å². The van der Waals surface area contributed by atoms with Crippen LogP contribution >= 0.6 is 11.6 Å². The highest BCUT2D eigenvalue weighted by atomic mass is 35.5. The SMILES string of the molecule is Cc1cc(Cl)ccc1OCc1cccc(C(=O)NCCCn2nccc2C)c1. The van der Waals surface area contributed by atoms with Gasteiger partial charge in [0, 0.05) is 35.6 Å². The van der Waals surface area contributed by atoms with Gasteiger partial charge in [0.15, 0.2) is 0 Å². The Hall–Kier alpha value is -2.79. The lowest BCUT2D eigenvalue weighted by atomic mass is 10.1. The largest absolute Gasteiger partial charge is 0.489 e. The molecule has 0 unspecified atom stereocenters. The van der Waals surface area contributed by atoms with Crippen LogP contribution in [0.3, 0.4) is 0 Å². The van der Waals surface area contributed by atoms with Gasteiger partial charge in [0.2, 0.25) is 0 Å². The minimum atomic E-state index is -0.0817. The van der Waals surface area contributed by atoms with E-state index in [2.05, 4.69) is 10.4 Å². The summed E-state index contributed by atoms with van der Waals surface area (Å²) in [6.45, 7) is 5.75. The van der Waals surface area contributed by atoms with E-state index < -0.39 is 0 Å². The van der Waals surface area contributed by atoms with Crippen LogP contribution in [0, 0.1) is 13.8 Å². The molecule has 3 aromatic rings. The normalized spacial score (nSPS) is 10.7. The average molecular weight is 398 g/mol. The quantitative estimate of drug-likeness (QED) is 0.567. The topological polar surface area (TPSA) is 56.1 Å². The van der Waals surface area contributed by atoms with Gasteiger partial charge < -0.3 is 10.1 Å². The van der Waals surface area contributed by atoms with E-state index in [1.54, 1.807) is 12.3 Å². The van der Waals surface area contributed by atoms with E-state index in [-0.39, 0.29) is 5.91 Å². The lowest BCUT2D eigenvalue weighted by molar-refractivity contribution is 0.0952. The number of carbonyl (C=O) groups is 1. The Morgan fingerprint density at radius 2 is 2.04 bits per heavy atom. The molecule has 146 valence electrons. The first-order valence-corrected chi connectivity index (χ1v) is 9.65. The van der Waals surface area contributed by atoms with Gasteiger partial charge in [-0.1, -0.05) is 23.7 Å². The fourth-order valence-corrected chi connectivity index (χ4v) is 3.13. The van der Waals surface area contributed by atoms with Crippen molar-refractivity contribution in [3.05, 3.63) is 82.1 Å².